The summed E-state index contributed by atoms with van der Waals surface area (Å²) in [4.78, 5) is 3.97. The van der Waals surface area contributed by atoms with Crippen molar-refractivity contribution in [2.75, 3.05) is 11.6 Å². The quantitative estimate of drug-likeness (QED) is 0.873. The first kappa shape index (κ1) is 13.5. The van der Waals surface area contributed by atoms with Gasteiger partial charge in [0, 0.05) is 25.2 Å². The summed E-state index contributed by atoms with van der Waals surface area (Å²) in [5.41, 5.74) is 1.10. The third kappa shape index (κ3) is 3.51. The molecule has 0 amide bonds. The lowest BCUT2D eigenvalue weighted by molar-refractivity contribution is 0.600. The molecule has 0 aliphatic heterocycles. The van der Waals surface area contributed by atoms with E-state index < -0.39 is 15.7 Å². The highest BCUT2D eigenvalue weighted by Gasteiger charge is 2.10. The zero-order valence-corrected chi connectivity index (χ0v) is 11.1. The van der Waals surface area contributed by atoms with Crippen LogP contribution in [0.25, 0.3) is 0 Å². The fourth-order valence-electron chi connectivity index (χ4n) is 1.57. The van der Waals surface area contributed by atoms with Gasteiger partial charge in [0.05, 0.1) is 10.6 Å². The molecule has 1 heterocycles. The van der Waals surface area contributed by atoms with E-state index in [4.69, 9.17) is 0 Å². The SMILES string of the molecule is CS(=O)(=O)c1ccc(F)c(NCc2ccncc2)c1. The molecule has 1 aromatic heterocycles. The Balaban J connectivity index is 2.21. The molecule has 1 aromatic carbocycles. The van der Waals surface area contributed by atoms with Gasteiger partial charge in [-0.15, -0.1) is 0 Å². The van der Waals surface area contributed by atoms with Crippen molar-refractivity contribution in [3.8, 4) is 0 Å². The Morgan fingerprint density at radius 3 is 2.53 bits per heavy atom. The molecule has 6 heteroatoms. The molecular weight excluding hydrogens is 267 g/mol. The molecule has 0 fully saturated rings. The number of nitrogens with one attached hydrogen (secondary N) is 1. The summed E-state index contributed by atoms with van der Waals surface area (Å²) in [6.07, 6.45) is 4.37. The van der Waals surface area contributed by atoms with Crippen LogP contribution in [0.2, 0.25) is 0 Å². The number of nitrogens with zero attached hydrogens (tertiary/aromatic N) is 1. The van der Waals surface area contributed by atoms with Crippen LogP contribution in [-0.2, 0) is 16.4 Å². The van der Waals surface area contributed by atoms with Crippen molar-refractivity contribution in [3.63, 3.8) is 0 Å². The van der Waals surface area contributed by atoms with Crippen LogP contribution in [0.15, 0.2) is 47.6 Å². The fraction of sp³-hybridized carbons (Fsp3) is 0.154. The monoisotopic (exact) mass is 280 g/mol. The number of aromatic nitrogens is 1. The molecule has 0 saturated heterocycles. The topological polar surface area (TPSA) is 59.1 Å². The van der Waals surface area contributed by atoms with Crippen LogP contribution in [0.5, 0.6) is 0 Å². The summed E-state index contributed by atoms with van der Waals surface area (Å²) in [7, 11) is -3.34. The molecule has 2 rings (SSSR count). The van der Waals surface area contributed by atoms with E-state index in [-0.39, 0.29) is 10.6 Å². The summed E-state index contributed by atoms with van der Waals surface area (Å²) >= 11 is 0. The van der Waals surface area contributed by atoms with E-state index in [1.807, 2.05) is 0 Å². The predicted molar refractivity (Wildman–Crippen MR) is 71.1 cm³/mol. The Morgan fingerprint density at radius 2 is 1.89 bits per heavy atom. The molecule has 0 bridgehead atoms. The van der Waals surface area contributed by atoms with Gasteiger partial charge >= 0.3 is 0 Å². The van der Waals surface area contributed by atoms with Crippen molar-refractivity contribution in [2.45, 2.75) is 11.4 Å². The minimum atomic E-state index is -3.34. The van der Waals surface area contributed by atoms with E-state index in [0.29, 0.717) is 6.54 Å². The summed E-state index contributed by atoms with van der Waals surface area (Å²) < 4.78 is 36.4. The number of sulfone groups is 1. The van der Waals surface area contributed by atoms with Crippen molar-refractivity contribution in [2.24, 2.45) is 0 Å². The number of benzene rings is 1. The molecule has 0 spiro atoms. The first-order valence-electron chi connectivity index (χ1n) is 5.59. The zero-order valence-electron chi connectivity index (χ0n) is 10.3. The van der Waals surface area contributed by atoms with Crippen LogP contribution >= 0.6 is 0 Å². The van der Waals surface area contributed by atoms with E-state index >= 15 is 0 Å². The van der Waals surface area contributed by atoms with Gasteiger partial charge in [-0.3, -0.25) is 4.98 Å². The molecule has 0 atom stereocenters. The number of pyridine rings is 1. The number of hydrogen-bond donors (Lipinski definition) is 1. The lowest BCUT2D eigenvalue weighted by atomic mass is 10.2. The molecule has 0 aliphatic rings. The standard InChI is InChI=1S/C13H13FN2O2S/c1-19(17,18)11-2-3-12(14)13(8-11)16-9-10-4-6-15-7-5-10/h2-8,16H,9H2,1H3. The molecule has 19 heavy (non-hydrogen) atoms. The van der Waals surface area contributed by atoms with Crippen molar-refractivity contribution in [1.29, 1.82) is 0 Å². The minimum Gasteiger partial charge on any atom is -0.379 e. The Bertz CT molecular complexity index is 672. The van der Waals surface area contributed by atoms with E-state index in [1.165, 1.54) is 12.1 Å². The summed E-state index contributed by atoms with van der Waals surface area (Å²) in [5, 5.41) is 2.87. The van der Waals surface area contributed by atoms with E-state index in [2.05, 4.69) is 10.3 Å². The highest BCUT2D eigenvalue weighted by molar-refractivity contribution is 7.90. The predicted octanol–water partition coefficient (Wildman–Crippen LogP) is 2.24. The van der Waals surface area contributed by atoms with E-state index in [0.717, 1.165) is 17.9 Å². The molecule has 2 aromatic rings. The highest BCUT2D eigenvalue weighted by atomic mass is 32.2. The van der Waals surface area contributed by atoms with Gasteiger partial charge in [-0.25, -0.2) is 12.8 Å². The van der Waals surface area contributed by atoms with Gasteiger partial charge in [-0.1, -0.05) is 0 Å². The Labute approximate surface area is 111 Å². The maximum absolute atomic E-state index is 13.6. The van der Waals surface area contributed by atoms with Gasteiger partial charge in [-0.05, 0) is 35.9 Å². The molecule has 0 saturated carbocycles. The van der Waals surface area contributed by atoms with Crippen LogP contribution in [0.3, 0.4) is 0 Å². The second-order valence-electron chi connectivity index (χ2n) is 4.12. The maximum atomic E-state index is 13.6. The van der Waals surface area contributed by atoms with Gasteiger partial charge in [0.15, 0.2) is 9.84 Å². The van der Waals surface area contributed by atoms with Crippen molar-refractivity contribution < 1.29 is 12.8 Å². The average molecular weight is 280 g/mol. The van der Waals surface area contributed by atoms with Crippen LogP contribution in [-0.4, -0.2) is 19.7 Å². The van der Waals surface area contributed by atoms with Crippen LogP contribution < -0.4 is 5.32 Å². The first-order valence-corrected chi connectivity index (χ1v) is 7.48. The summed E-state index contributed by atoms with van der Waals surface area (Å²) in [6.45, 7) is 0.395. The van der Waals surface area contributed by atoms with Gasteiger partial charge in [0.2, 0.25) is 0 Å². The van der Waals surface area contributed by atoms with Crippen LogP contribution in [0.4, 0.5) is 10.1 Å². The smallest absolute Gasteiger partial charge is 0.175 e. The second kappa shape index (κ2) is 5.36. The van der Waals surface area contributed by atoms with Gasteiger partial charge in [-0.2, -0.15) is 0 Å². The second-order valence-corrected chi connectivity index (χ2v) is 6.14. The van der Waals surface area contributed by atoms with Crippen LogP contribution in [0, 0.1) is 5.82 Å². The zero-order chi connectivity index (χ0) is 13.9. The summed E-state index contributed by atoms with van der Waals surface area (Å²) in [6, 6.07) is 7.29. The fourth-order valence-corrected chi connectivity index (χ4v) is 2.22. The van der Waals surface area contributed by atoms with E-state index in [9.17, 15) is 12.8 Å². The Hall–Kier alpha value is -1.95. The number of anilines is 1. The molecule has 1 N–H and O–H groups in total. The molecule has 0 unspecified atom stereocenters. The van der Waals surface area contributed by atoms with Crippen molar-refractivity contribution >= 4 is 15.5 Å². The van der Waals surface area contributed by atoms with Crippen LogP contribution in [0.1, 0.15) is 5.56 Å². The minimum absolute atomic E-state index is 0.0890. The average Bonchev–Trinajstić information content (AvgIpc) is 2.37. The normalized spacial score (nSPS) is 11.3. The highest BCUT2D eigenvalue weighted by Crippen LogP contribution is 2.20. The number of hydrogen-bond acceptors (Lipinski definition) is 4. The molecular formula is C13H13FN2O2S. The van der Waals surface area contributed by atoms with Gasteiger partial charge in [0.1, 0.15) is 5.82 Å². The summed E-state index contributed by atoms with van der Waals surface area (Å²) in [5.74, 6) is -0.485. The first-order chi connectivity index (χ1) is 8.97. The Morgan fingerprint density at radius 1 is 1.21 bits per heavy atom. The third-order valence-corrected chi connectivity index (χ3v) is 3.71. The number of rotatable bonds is 4. The van der Waals surface area contributed by atoms with Crippen molar-refractivity contribution in [3.05, 3.63) is 54.1 Å². The van der Waals surface area contributed by atoms with Gasteiger partial charge < -0.3 is 5.32 Å². The molecule has 4 nitrogen and oxygen atoms in total. The maximum Gasteiger partial charge on any atom is 0.175 e. The van der Waals surface area contributed by atoms with Gasteiger partial charge in [0.25, 0.3) is 0 Å². The molecule has 0 radical (unpaired) electrons. The lowest BCUT2D eigenvalue weighted by Gasteiger charge is -2.09. The Kier molecular flexibility index (Phi) is 3.80. The van der Waals surface area contributed by atoms with E-state index in [1.54, 1.807) is 24.5 Å². The number of halogens is 1. The third-order valence-electron chi connectivity index (χ3n) is 2.60. The largest absolute Gasteiger partial charge is 0.379 e. The molecule has 0 aliphatic carbocycles. The molecule has 100 valence electrons. The lowest BCUT2D eigenvalue weighted by Crippen LogP contribution is -2.04. The van der Waals surface area contributed by atoms with Crippen molar-refractivity contribution in [1.82, 2.24) is 4.98 Å².